The van der Waals surface area contributed by atoms with Crippen LogP contribution < -0.4 is 0 Å². The molecule has 4 N–H and O–H groups in total. The molecule has 0 rings (SSSR count). The Hall–Kier alpha value is -0.189. The average molecular weight is 329 g/mol. The third-order valence-corrected chi connectivity index (χ3v) is 1.15. The summed E-state index contributed by atoms with van der Waals surface area (Å²) < 4.78 is 0. The normalized spacial score (nSPS) is 13.2. The predicted molar refractivity (Wildman–Crippen MR) is 43.6 cm³/mol. The first-order valence-electron chi connectivity index (χ1n) is 3.04. The second kappa shape index (κ2) is 6.32. The van der Waals surface area contributed by atoms with E-state index >= 15 is 0 Å². The van der Waals surface area contributed by atoms with E-state index in [1.54, 1.807) is 0 Å². The van der Waals surface area contributed by atoms with E-state index < -0.39 is 29.9 Å². The van der Waals surface area contributed by atoms with Crippen molar-refractivity contribution in [2.75, 3.05) is 0 Å². The molecular weight excluding hydrogens is 321 g/mol. The molecule has 0 heterocycles. The molecule has 76 valence electrons. The van der Waals surface area contributed by atoms with Gasteiger partial charge in [0.15, 0.2) is 5.97 Å². The van der Waals surface area contributed by atoms with E-state index in [4.69, 9.17) is 20.4 Å². The SMILES string of the molecule is O=C(O)[CH-]C(O)(CC(=O)O)C(=O)O.[Ba+2].[H-]. The molecule has 0 bridgehead atoms. The van der Waals surface area contributed by atoms with Gasteiger partial charge in [-0.05, 0) is 0 Å². The van der Waals surface area contributed by atoms with Gasteiger partial charge in [-0.2, -0.15) is 0 Å². The Balaban J connectivity index is -0.000000720. The van der Waals surface area contributed by atoms with Crippen molar-refractivity contribution < 1.29 is 36.2 Å². The van der Waals surface area contributed by atoms with E-state index in [0.29, 0.717) is 0 Å². The smallest absolute Gasteiger partial charge is 1.00 e. The number of rotatable bonds is 5. The summed E-state index contributed by atoms with van der Waals surface area (Å²) in [5, 5.41) is 33.6. The maximum absolute atomic E-state index is 10.3. The Morgan fingerprint density at radius 3 is 1.86 bits per heavy atom. The summed E-state index contributed by atoms with van der Waals surface area (Å²) in [4.78, 5) is 30.4. The Kier molecular flexibility index (Phi) is 7.34. The van der Waals surface area contributed by atoms with Crippen LogP contribution in [0.4, 0.5) is 0 Å². The number of carboxylic acids is 3. The summed E-state index contributed by atoms with van der Waals surface area (Å²) in [6, 6.07) is 0. The molecule has 0 aliphatic heterocycles. The molecule has 0 aliphatic carbocycles. The van der Waals surface area contributed by atoms with Gasteiger partial charge >= 0.3 is 60.8 Å². The molecule has 1 unspecified atom stereocenters. The Bertz CT molecular complexity index is 238. The molecule has 8 heteroatoms. The average Bonchev–Trinajstić information content (AvgIpc) is 1.82. The Labute approximate surface area is 120 Å². The van der Waals surface area contributed by atoms with Crippen molar-refractivity contribution in [2.24, 2.45) is 0 Å². The summed E-state index contributed by atoms with van der Waals surface area (Å²) in [5.41, 5.74) is -2.86. The quantitative estimate of drug-likeness (QED) is 0.349. The van der Waals surface area contributed by atoms with E-state index in [1.165, 1.54) is 0 Å². The number of hydrogen-bond donors (Lipinski definition) is 4. The molecule has 0 aromatic heterocycles. The fraction of sp³-hybridized carbons (Fsp3) is 0.333. The molecule has 1 atom stereocenters. The van der Waals surface area contributed by atoms with Gasteiger partial charge < -0.3 is 21.9 Å². The maximum atomic E-state index is 10.3. The minimum Gasteiger partial charge on any atom is -1.00 e. The van der Waals surface area contributed by atoms with Crippen LogP contribution in [-0.4, -0.2) is 92.8 Å². The summed E-state index contributed by atoms with van der Waals surface area (Å²) in [6.07, 6.45) is -1.18. The molecule has 14 heavy (non-hydrogen) atoms. The van der Waals surface area contributed by atoms with Gasteiger partial charge in [-0.3, -0.25) is 14.4 Å². The molecule has 0 aliphatic rings. The molecule has 0 saturated carbocycles. The molecule has 0 amide bonds. The third kappa shape index (κ3) is 5.52. The van der Waals surface area contributed by atoms with Crippen LogP contribution in [-0.2, 0) is 14.4 Å². The molecule has 0 aromatic rings. The zero-order chi connectivity index (χ0) is 10.6. The van der Waals surface area contributed by atoms with E-state index in [-0.39, 0.29) is 56.7 Å². The van der Waals surface area contributed by atoms with Gasteiger partial charge in [0.2, 0.25) is 0 Å². The van der Waals surface area contributed by atoms with Crippen molar-refractivity contribution in [1.29, 1.82) is 0 Å². The number of aliphatic carboxylic acids is 3. The van der Waals surface area contributed by atoms with Gasteiger partial charge in [0.25, 0.3) is 0 Å². The van der Waals surface area contributed by atoms with Gasteiger partial charge in [-0.25, -0.2) is 6.42 Å². The largest absolute Gasteiger partial charge is 2.00 e. The monoisotopic (exact) mass is 330 g/mol. The minimum atomic E-state index is -2.86. The number of carboxylic acid groups (broad SMARTS) is 3. The van der Waals surface area contributed by atoms with Gasteiger partial charge in [0.1, 0.15) is 0 Å². The topological polar surface area (TPSA) is 132 Å². The van der Waals surface area contributed by atoms with Crippen LogP contribution in [0.25, 0.3) is 0 Å². The van der Waals surface area contributed by atoms with Crippen molar-refractivity contribution in [3.63, 3.8) is 0 Å². The van der Waals surface area contributed by atoms with Gasteiger partial charge in [0.05, 0.1) is 12.0 Å². The van der Waals surface area contributed by atoms with Crippen LogP contribution in [0, 0.1) is 6.42 Å². The van der Waals surface area contributed by atoms with E-state index in [1.807, 2.05) is 0 Å². The number of carbonyl (C=O) groups is 3. The molecule has 0 aromatic carbocycles. The van der Waals surface area contributed by atoms with E-state index in [2.05, 4.69) is 0 Å². The number of aliphatic hydroxyl groups is 1. The van der Waals surface area contributed by atoms with Crippen molar-refractivity contribution in [3.8, 4) is 0 Å². The molecule has 0 fully saturated rings. The van der Waals surface area contributed by atoms with Crippen LogP contribution in [0.15, 0.2) is 0 Å². The Morgan fingerprint density at radius 1 is 1.21 bits per heavy atom. The molecule has 0 spiro atoms. The van der Waals surface area contributed by atoms with E-state index in [9.17, 15) is 14.4 Å². The van der Waals surface area contributed by atoms with Crippen LogP contribution in [0.2, 0.25) is 0 Å². The zero-order valence-electron chi connectivity index (χ0n) is 8.01. The fourth-order valence-corrected chi connectivity index (χ4v) is 0.623. The molecule has 7 nitrogen and oxygen atoms in total. The fourth-order valence-electron chi connectivity index (χ4n) is 0.623. The third-order valence-electron chi connectivity index (χ3n) is 1.15. The second-order valence-corrected chi connectivity index (χ2v) is 2.28. The Morgan fingerprint density at radius 2 is 1.64 bits per heavy atom. The summed E-state index contributed by atoms with van der Waals surface area (Å²) in [7, 11) is 0. The number of hydrogen-bond acceptors (Lipinski definition) is 4. The predicted octanol–water partition coefficient (Wildman–Crippen LogP) is -1.70. The van der Waals surface area contributed by atoms with Crippen LogP contribution in [0.5, 0.6) is 0 Å². The summed E-state index contributed by atoms with van der Waals surface area (Å²) in [5.74, 6) is -5.23. The van der Waals surface area contributed by atoms with Crippen LogP contribution in [0.3, 0.4) is 0 Å². The molecular formula is C6H8BaO7. The van der Waals surface area contributed by atoms with Crippen molar-refractivity contribution in [1.82, 2.24) is 0 Å². The minimum absolute atomic E-state index is 0. The maximum Gasteiger partial charge on any atom is 2.00 e. The van der Waals surface area contributed by atoms with E-state index in [0.717, 1.165) is 0 Å². The first-order chi connectivity index (χ1) is 5.78. The molecule has 0 radical (unpaired) electrons. The van der Waals surface area contributed by atoms with Crippen molar-refractivity contribution in [2.45, 2.75) is 12.0 Å². The first-order valence-corrected chi connectivity index (χ1v) is 3.04. The van der Waals surface area contributed by atoms with Gasteiger partial charge in [-0.15, -0.1) is 0 Å². The summed E-state index contributed by atoms with van der Waals surface area (Å²) in [6.45, 7) is 0. The second-order valence-electron chi connectivity index (χ2n) is 2.28. The van der Waals surface area contributed by atoms with Crippen molar-refractivity contribution >= 4 is 66.8 Å². The first kappa shape index (κ1) is 16.2. The molecule has 0 saturated heterocycles. The van der Waals surface area contributed by atoms with Gasteiger partial charge in [-0.1, -0.05) is 0 Å². The van der Waals surface area contributed by atoms with Crippen molar-refractivity contribution in [3.05, 3.63) is 6.42 Å². The standard InChI is InChI=1S/C6H7O7.Ba.H/c7-3(8)1-6(13,5(11)12)2-4(9)10;;/h1,13H,2H2,(H,7,8)(H,9,10)(H,11,12);;/q-1;+2;-1. The zero-order valence-corrected chi connectivity index (χ0v) is 11.4. The van der Waals surface area contributed by atoms with Crippen LogP contribution >= 0.6 is 0 Å². The van der Waals surface area contributed by atoms with Crippen LogP contribution in [0.1, 0.15) is 7.85 Å². The van der Waals surface area contributed by atoms with Gasteiger partial charge in [0, 0.05) is 0 Å². The summed E-state index contributed by atoms with van der Waals surface area (Å²) >= 11 is 0.